The second-order valence-electron chi connectivity index (χ2n) is 7.70. The van der Waals surface area contributed by atoms with Crippen LogP contribution in [0, 0.1) is 5.41 Å². The number of hydrogen-bond acceptors (Lipinski definition) is 4. The summed E-state index contributed by atoms with van der Waals surface area (Å²) in [7, 11) is 1.65. The van der Waals surface area contributed by atoms with Gasteiger partial charge >= 0.3 is 6.09 Å². The Morgan fingerprint density at radius 3 is 2.23 bits per heavy atom. The second kappa shape index (κ2) is 7.31. The predicted molar refractivity (Wildman–Crippen MR) is 86.6 cm³/mol. The fourth-order valence-corrected chi connectivity index (χ4v) is 2.59. The molecule has 6 heteroatoms. The molecule has 1 saturated carbocycles. The van der Waals surface area contributed by atoms with Crippen LogP contribution in [0.5, 0.6) is 0 Å². The molecule has 0 aromatic rings. The van der Waals surface area contributed by atoms with Crippen LogP contribution in [0.25, 0.3) is 0 Å². The van der Waals surface area contributed by atoms with Crippen LogP contribution in [0.3, 0.4) is 0 Å². The summed E-state index contributed by atoms with van der Waals surface area (Å²) < 4.78 is 5.27. The van der Waals surface area contributed by atoms with E-state index >= 15 is 0 Å². The maximum Gasteiger partial charge on any atom is 0.407 e. The van der Waals surface area contributed by atoms with E-state index in [0.29, 0.717) is 12.6 Å². The summed E-state index contributed by atoms with van der Waals surface area (Å²) in [5.74, 6) is 0.0291. The number of alkyl carbamates (subject to hydrolysis) is 1. The highest BCUT2D eigenvalue weighted by Crippen LogP contribution is 2.22. The summed E-state index contributed by atoms with van der Waals surface area (Å²) in [6.07, 6.45) is 2.42. The van der Waals surface area contributed by atoms with E-state index in [0.717, 1.165) is 19.3 Å². The van der Waals surface area contributed by atoms with Gasteiger partial charge in [-0.25, -0.2) is 4.79 Å². The SMILES string of the molecule is CNC(=O)C(C)(C)CNC1CCC(NC(=O)OC(C)(C)C)C1. The van der Waals surface area contributed by atoms with Gasteiger partial charge in [0.15, 0.2) is 0 Å². The summed E-state index contributed by atoms with van der Waals surface area (Å²) in [4.78, 5) is 23.5. The lowest BCUT2D eigenvalue weighted by Crippen LogP contribution is -2.45. The summed E-state index contributed by atoms with van der Waals surface area (Å²) >= 11 is 0. The van der Waals surface area contributed by atoms with Gasteiger partial charge in [-0.1, -0.05) is 0 Å². The lowest BCUT2D eigenvalue weighted by atomic mass is 9.92. The van der Waals surface area contributed by atoms with Crippen LogP contribution in [0.2, 0.25) is 0 Å². The van der Waals surface area contributed by atoms with Gasteiger partial charge in [-0.15, -0.1) is 0 Å². The fourth-order valence-electron chi connectivity index (χ4n) is 2.59. The molecule has 0 aromatic carbocycles. The molecule has 22 heavy (non-hydrogen) atoms. The number of carbonyl (C=O) groups is 2. The molecular formula is C16H31N3O3. The van der Waals surface area contributed by atoms with Crippen LogP contribution in [0.15, 0.2) is 0 Å². The molecule has 1 aliphatic carbocycles. The van der Waals surface area contributed by atoms with Gasteiger partial charge in [-0.2, -0.15) is 0 Å². The smallest absolute Gasteiger partial charge is 0.407 e. The van der Waals surface area contributed by atoms with E-state index in [9.17, 15) is 9.59 Å². The molecule has 2 amide bonds. The van der Waals surface area contributed by atoms with E-state index in [1.54, 1.807) is 7.05 Å². The van der Waals surface area contributed by atoms with E-state index < -0.39 is 11.0 Å². The monoisotopic (exact) mass is 313 g/mol. The molecule has 1 fully saturated rings. The second-order valence-corrected chi connectivity index (χ2v) is 7.70. The number of hydrogen-bond donors (Lipinski definition) is 3. The van der Waals surface area contributed by atoms with Gasteiger partial charge in [0.25, 0.3) is 0 Å². The lowest BCUT2D eigenvalue weighted by Gasteiger charge is -2.25. The zero-order valence-electron chi connectivity index (χ0n) is 14.7. The van der Waals surface area contributed by atoms with E-state index in [-0.39, 0.29) is 18.0 Å². The zero-order valence-corrected chi connectivity index (χ0v) is 14.7. The van der Waals surface area contributed by atoms with Gasteiger partial charge in [0.1, 0.15) is 5.60 Å². The van der Waals surface area contributed by atoms with Gasteiger partial charge in [-0.3, -0.25) is 4.79 Å². The van der Waals surface area contributed by atoms with Gasteiger partial charge in [0.05, 0.1) is 5.41 Å². The lowest BCUT2D eigenvalue weighted by molar-refractivity contribution is -0.128. The highest BCUT2D eigenvalue weighted by Gasteiger charge is 2.31. The van der Waals surface area contributed by atoms with E-state index in [2.05, 4.69) is 16.0 Å². The fraction of sp³-hybridized carbons (Fsp3) is 0.875. The first-order valence-corrected chi connectivity index (χ1v) is 7.98. The van der Waals surface area contributed by atoms with Crippen molar-refractivity contribution in [1.82, 2.24) is 16.0 Å². The topological polar surface area (TPSA) is 79.5 Å². The van der Waals surface area contributed by atoms with E-state index in [4.69, 9.17) is 4.74 Å². The maximum absolute atomic E-state index is 11.8. The maximum atomic E-state index is 11.8. The number of nitrogens with one attached hydrogen (secondary N) is 3. The van der Waals surface area contributed by atoms with Crippen molar-refractivity contribution in [1.29, 1.82) is 0 Å². The third-order valence-corrected chi connectivity index (χ3v) is 3.83. The molecule has 2 unspecified atom stereocenters. The van der Waals surface area contributed by atoms with E-state index in [1.165, 1.54) is 0 Å². The Morgan fingerprint density at radius 1 is 1.09 bits per heavy atom. The Morgan fingerprint density at radius 2 is 1.68 bits per heavy atom. The molecule has 0 radical (unpaired) electrons. The number of ether oxygens (including phenoxy) is 1. The Labute approximate surface area is 133 Å². The average molecular weight is 313 g/mol. The average Bonchev–Trinajstić information content (AvgIpc) is 2.80. The van der Waals surface area contributed by atoms with Crippen molar-refractivity contribution in [2.45, 2.75) is 71.6 Å². The molecule has 2 atom stereocenters. The van der Waals surface area contributed by atoms with Crippen molar-refractivity contribution in [2.24, 2.45) is 5.41 Å². The zero-order chi connectivity index (χ0) is 17.0. The van der Waals surface area contributed by atoms with Crippen LogP contribution in [0.1, 0.15) is 53.9 Å². The Balaban J connectivity index is 2.34. The third kappa shape index (κ3) is 6.22. The molecule has 128 valence electrons. The molecular weight excluding hydrogens is 282 g/mol. The molecule has 3 N–H and O–H groups in total. The molecule has 0 aromatic heterocycles. The predicted octanol–water partition coefficient (Wildman–Crippen LogP) is 1.79. The molecule has 6 nitrogen and oxygen atoms in total. The summed E-state index contributed by atoms with van der Waals surface area (Å²) in [5.41, 5.74) is -0.913. The molecule has 0 heterocycles. The first-order valence-electron chi connectivity index (χ1n) is 7.98. The standard InChI is InChI=1S/C16H31N3O3/c1-15(2,3)22-14(21)19-12-8-7-11(9-12)18-10-16(4,5)13(20)17-6/h11-12,18H,7-10H2,1-6H3,(H,17,20)(H,19,21). The highest BCUT2D eigenvalue weighted by molar-refractivity contribution is 5.81. The first kappa shape index (κ1) is 18.7. The first-order chi connectivity index (χ1) is 10.0. The number of carbonyl (C=O) groups excluding carboxylic acids is 2. The minimum absolute atomic E-state index is 0.0291. The van der Waals surface area contributed by atoms with Gasteiger partial charge in [0, 0.05) is 25.7 Å². The molecule has 0 bridgehead atoms. The number of amides is 2. The largest absolute Gasteiger partial charge is 0.444 e. The van der Waals surface area contributed by atoms with Crippen LogP contribution in [-0.2, 0) is 9.53 Å². The minimum Gasteiger partial charge on any atom is -0.444 e. The Bertz CT molecular complexity index is 402. The number of rotatable bonds is 5. The molecule has 0 spiro atoms. The van der Waals surface area contributed by atoms with Gasteiger partial charge < -0.3 is 20.7 Å². The highest BCUT2D eigenvalue weighted by atomic mass is 16.6. The van der Waals surface area contributed by atoms with Crippen molar-refractivity contribution >= 4 is 12.0 Å². The molecule has 0 aliphatic heterocycles. The summed E-state index contributed by atoms with van der Waals surface area (Å²) in [6, 6.07) is 0.458. The van der Waals surface area contributed by atoms with Crippen molar-refractivity contribution in [3.05, 3.63) is 0 Å². The van der Waals surface area contributed by atoms with Crippen molar-refractivity contribution < 1.29 is 14.3 Å². The van der Waals surface area contributed by atoms with E-state index in [1.807, 2.05) is 34.6 Å². The van der Waals surface area contributed by atoms with Crippen LogP contribution in [-0.4, -0.2) is 43.3 Å². The quantitative estimate of drug-likeness (QED) is 0.723. The summed E-state index contributed by atoms with van der Waals surface area (Å²) in [6.45, 7) is 10.0. The Hall–Kier alpha value is -1.30. The summed E-state index contributed by atoms with van der Waals surface area (Å²) in [5, 5.41) is 9.04. The normalized spacial score (nSPS) is 22.3. The van der Waals surface area contributed by atoms with Crippen molar-refractivity contribution in [3.63, 3.8) is 0 Å². The van der Waals surface area contributed by atoms with Crippen molar-refractivity contribution in [2.75, 3.05) is 13.6 Å². The molecule has 1 aliphatic rings. The van der Waals surface area contributed by atoms with Crippen molar-refractivity contribution in [3.8, 4) is 0 Å². The minimum atomic E-state index is -0.474. The third-order valence-electron chi connectivity index (χ3n) is 3.83. The van der Waals surface area contributed by atoms with Crippen LogP contribution in [0.4, 0.5) is 4.79 Å². The molecule has 0 saturated heterocycles. The van der Waals surface area contributed by atoms with Gasteiger partial charge in [-0.05, 0) is 53.9 Å². The van der Waals surface area contributed by atoms with Crippen LogP contribution >= 0.6 is 0 Å². The van der Waals surface area contributed by atoms with Crippen LogP contribution < -0.4 is 16.0 Å². The van der Waals surface area contributed by atoms with Gasteiger partial charge in [0.2, 0.25) is 5.91 Å². The Kier molecular flexibility index (Phi) is 6.23. The molecule has 1 rings (SSSR count).